The van der Waals surface area contributed by atoms with E-state index in [-0.39, 0.29) is 5.91 Å². The molecule has 0 aliphatic rings. The summed E-state index contributed by atoms with van der Waals surface area (Å²) in [5.41, 5.74) is 8.82. The number of carbonyl (C=O) groups excluding carboxylic acids is 1. The van der Waals surface area contributed by atoms with Gasteiger partial charge in [0.05, 0.1) is 16.8 Å². The minimum Gasteiger partial charge on any atom is -0.321 e. The van der Waals surface area contributed by atoms with Crippen molar-refractivity contribution in [3.63, 3.8) is 0 Å². The molecule has 3 heteroatoms. The summed E-state index contributed by atoms with van der Waals surface area (Å²) in [7, 11) is 0. The van der Waals surface area contributed by atoms with Gasteiger partial charge in [0.15, 0.2) is 0 Å². The van der Waals surface area contributed by atoms with E-state index < -0.39 is 0 Å². The van der Waals surface area contributed by atoms with Gasteiger partial charge in [-0.25, -0.2) is 4.98 Å². The van der Waals surface area contributed by atoms with Crippen LogP contribution in [0.4, 0.5) is 5.69 Å². The number of rotatable bonds is 4. The Hall–Kier alpha value is -3.46. The molecule has 4 rings (SSSR count). The summed E-state index contributed by atoms with van der Waals surface area (Å²) in [6.07, 6.45) is 0. The van der Waals surface area contributed by atoms with Crippen molar-refractivity contribution in [3.8, 4) is 11.3 Å². The second-order valence-electron chi connectivity index (χ2n) is 8.52. The molecule has 31 heavy (non-hydrogen) atoms. The molecule has 3 aromatic carbocycles. The zero-order valence-corrected chi connectivity index (χ0v) is 18.8. The summed E-state index contributed by atoms with van der Waals surface area (Å²) in [5, 5.41) is 4.06. The van der Waals surface area contributed by atoms with Crippen LogP contribution in [0.5, 0.6) is 0 Å². The highest BCUT2D eigenvalue weighted by Gasteiger charge is 2.17. The first-order chi connectivity index (χ1) is 14.8. The van der Waals surface area contributed by atoms with E-state index in [2.05, 4.69) is 57.3 Å². The topological polar surface area (TPSA) is 42.0 Å². The minimum atomic E-state index is -0.111. The molecule has 0 saturated carbocycles. The first-order valence-corrected chi connectivity index (χ1v) is 10.7. The Morgan fingerprint density at radius 3 is 2.35 bits per heavy atom. The number of para-hydroxylation sites is 2. The third kappa shape index (κ3) is 4.09. The van der Waals surface area contributed by atoms with Gasteiger partial charge in [-0.1, -0.05) is 62.4 Å². The summed E-state index contributed by atoms with van der Waals surface area (Å²) >= 11 is 0. The molecule has 4 aromatic rings. The molecule has 156 valence electrons. The number of carbonyl (C=O) groups is 1. The molecule has 0 fully saturated rings. The standard InChI is InChI=1S/C28H28N2O/c1-17(2)22-11-8-9-19(4)27(22)30-28(31)24-16-26(21-14-13-18(3)20(5)15-21)29-25-12-7-6-10-23(24)25/h6-17H,1-5H3,(H,30,31). The molecule has 1 aromatic heterocycles. The lowest BCUT2D eigenvalue weighted by molar-refractivity contribution is 0.102. The number of hydrogen-bond acceptors (Lipinski definition) is 2. The van der Waals surface area contributed by atoms with Crippen molar-refractivity contribution >= 4 is 22.5 Å². The Morgan fingerprint density at radius 1 is 0.839 bits per heavy atom. The van der Waals surface area contributed by atoms with Crippen molar-refractivity contribution in [2.75, 3.05) is 5.32 Å². The van der Waals surface area contributed by atoms with E-state index in [0.29, 0.717) is 11.5 Å². The SMILES string of the molecule is Cc1ccc(-c2cc(C(=O)Nc3c(C)cccc3C(C)C)c3ccccc3n2)cc1C. The average Bonchev–Trinajstić information content (AvgIpc) is 2.76. The molecule has 1 heterocycles. The van der Waals surface area contributed by atoms with Gasteiger partial charge < -0.3 is 5.32 Å². The number of benzene rings is 3. The van der Waals surface area contributed by atoms with Crippen LogP contribution in [0.2, 0.25) is 0 Å². The first kappa shape index (κ1) is 20.8. The maximum absolute atomic E-state index is 13.5. The van der Waals surface area contributed by atoms with E-state index in [1.807, 2.05) is 49.4 Å². The van der Waals surface area contributed by atoms with Gasteiger partial charge in [0, 0.05) is 16.6 Å². The Balaban J connectivity index is 1.84. The Kier molecular flexibility index (Phi) is 5.60. The number of hydrogen-bond donors (Lipinski definition) is 1. The highest BCUT2D eigenvalue weighted by molar-refractivity contribution is 6.13. The lowest BCUT2D eigenvalue weighted by atomic mass is 9.97. The quantitative estimate of drug-likeness (QED) is 0.388. The van der Waals surface area contributed by atoms with Crippen LogP contribution < -0.4 is 5.32 Å². The predicted octanol–water partition coefficient (Wildman–Crippen LogP) is 7.20. The van der Waals surface area contributed by atoms with Crippen molar-refractivity contribution < 1.29 is 4.79 Å². The average molecular weight is 409 g/mol. The number of pyridine rings is 1. The third-order valence-electron chi connectivity index (χ3n) is 5.93. The second kappa shape index (κ2) is 8.35. The largest absolute Gasteiger partial charge is 0.321 e. The summed E-state index contributed by atoms with van der Waals surface area (Å²) in [5.74, 6) is 0.204. The molecule has 3 nitrogen and oxygen atoms in total. The second-order valence-corrected chi connectivity index (χ2v) is 8.52. The number of aryl methyl sites for hydroxylation is 3. The van der Waals surface area contributed by atoms with Crippen LogP contribution in [-0.4, -0.2) is 10.9 Å². The van der Waals surface area contributed by atoms with Crippen molar-refractivity contribution in [3.05, 3.63) is 94.5 Å². The molecule has 1 amide bonds. The first-order valence-electron chi connectivity index (χ1n) is 10.7. The summed E-state index contributed by atoms with van der Waals surface area (Å²) in [6.45, 7) is 10.5. The molecular weight excluding hydrogens is 380 g/mol. The van der Waals surface area contributed by atoms with E-state index in [4.69, 9.17) is 4.98 Å². The van der Waals surface area contributed by atoms with Gasteiger partial charge in [0.2, 0.25) is 0 Å². The van der Waals surface area contributed by atoms with Gasteiger partial charge in [0.1, 0.15) is 0 Å². The van der Waals surface area contributed by atoms with Crippen molar-refractivity contribution in [2.24, 2.45) is 0 Å². The fraction of sp³-hybridized carbons (Fsp3) is 0.214. The van der Waals surface area contributed by atoms with Crippen LogP contribution in [-0.2, 0) is 0 Å². The molecule has 0 bridgehead atoms. The molecule has 0 spiro atoms. The number of amides is 1. The van der Waals surface area contributed by atoms with E-state index in [9.17, 15) is 4.79 Å². The molecular formula is C28H28N2O. The zero-order valence-electron chi connectivity index (χ0n) is 18.8. The Labute approximate surface area is 184 Å². The molecule has 1 N–H and O–H groups in total. The predicted molar refractivity (Wildman–Crippen MR) is 130 cm³/mol. The molecule has 0 aliphatic carbocycles. The van der Waals surface area contributed by atoms with Gasteiger partial charge in [0.25, 0.3) is 5.91 Å². The molecule has 0 saturated heterocycles. The van der Waals surface area contributed by atoms with Gasteiger partial charge in [-0.3, -0.25) is 4.79 Å². The molecule has 0 unspecified atom stereocenters. The van der Waals surface area contributed by atoms with E-state index >= 15 is 0 Å². The zero-order chi connectivity index (χ0) is 22.1. The number of aromatic nitrogens is 1. The van der Waals surface area contributed by atoms with Gasteiger partial charge in [-0.15, -0.1) is 0 Å². The number of nitrogens with one attached hydrogen (secondary N) is 1. The van der Waals surface area contributed by atoms with Crippen molar-refractivity contribution in [1.82, 2.24) is 4.98 Å². The maximum atomic E-state index is 13.5. The molecule has 0 radical (unpaired) electrons. The number of anilines is 1. The minimum absolute atomic E-state index is 0.111. The summed E-state index contributed by atoms with van der Waals surface area (Å²) in [4.78, 5) is 18.4. The van der Waals surface area contributed by atoms with E-state index in [1.165, 1.54) is 11.1 Å². The number of fused-ring (bicyclic) bond motifs is 1. The lowest BCUT2D eigenvalue weighted by Crippen LogP contribution is -2.15. The maximum Gasteiger partial charge on any atom is 0.256 e. The number of nitrogens with zero attached hydrogens (tertiary/aromatic N) is 1. The monoisotopic (exact) mass is 408 g/mol. The smallest absolute Gasteiger partial charge is 0.256 e. The highest BCUT2D eigenvalue weighted by Crippen LogP contribution is 2.30. The Bertz CT molecular complexity index is 1290. The Morgan fingerprint density at radius 2 is 1.61 bits per heavy atom. The summed E-state index contributed by atoms with van der Waals surface area (Å²) < 4.78 is 0. The normalized spacial score (nSPS) is 11.2. The molecule has 0 atom stereocenters. The van der Waals surface area contributed by atoms with Crippen molar-refractivity contribution in [2.45, 2.75) is 40.5 Å². The van der Waals surface area contributed by atoms with Crippen LogP contribution in [0.1, 0.15) is 52.4 Å². The third-order valence-corrected chi connectivity index (χ3v) is 5.93. The van der Waals surface area contributed by atoms with Crippen LogP contribution in [0, 0.1) is 20.8 Å². The van der Waals surface area contributed by atoms with Crippen LogP contribution in [0.25, 0.3) is 22.2 Å². The highest BCUT2D eigenvalue weighted by atomic mass is 16.1. The summed E-state index contributed by atoms with van der Waals surface area (Å²) in [6, 6.07) is 22.2. The molecule has 0 aliphatic heterocycles. The lowest BCUT2D eigenvalue weighted by Gasteiger charge is -2.17. The van der Waals surface area contributed by atoms with Crippen LogP contribution in [0.15, 0.2) is 66.7 Å². The van der Waals surface area contributed by atoms with Crippen LogP contribution in [0.3, 0.4) is 0 Å². The van der Waals surface area contributed by atoms with Gasteiger partial charge >= 0.3 is 0 Å². The fourth-order valence-electron chi connectivity index (χ4n) is 3.94. The van der Waals surface area contributed by atoms with Gasteiger partial charge in [-0.05, 0) is 67.1 Å². The van der Waals surface area contributed by atoms with Gasteiger partial charge in [-0.2, -0.15) is 0 Å². The van der Waals surface area contributed by atoms with Crippen molar-refractivity contribution in [1.29, 1.82) is 0 Å². The van der Waals surface area contributed by atoms with Crippen LogP contribution >= 0.6 is 0 Å². The fourth-order valence-corrected chi connectivity index (χ4v) is 3.94. The van der Waals surface area contributed by atoms with E-state index in [1.54, 1.807) is 0 Å². The van der Waals surface area contributed by atoms with E-state index in [0.717, 1.165) is 39.0 Å².